The molecule has 1 unspecified atom stereocenters. The van der Waals surface area contributed by atoms with E-state index in [1.165, 1.54) is 5.56 Å². The predicted octanol–water partition coefficient (Wildman–Crippen LogP) is 2.12. The highest BCUT2D eigenvalue weighted by atomic mass is 16.5. The van der Waals surface area contributed by atoms with Gasteiger partial charge in [-0.2, -0.15) is 0 Å². The molecule has 182 valence electrons. The third-order valence-electron chi connectivity index (χ3n) is 6.63. The molecule has 0 spiro atoms. The van der Waals surface area contributed by atoms with Crippen LogP contribution in [0.25, 0.3) is 0 Å². The van der Waals surface area contributed by atoms with Gasteiger partial charge in [0.25, 0.3) is 0 Å². The molecule has 2 aromatic rings. The molecule has 2 aliphatic rings. The van der Waals surface area contributed by atoms with Crippen LogP contribution in [0.4, 0.5) is 5.69 Å². The summed E-state index contributed by atoms with van der Waals surface area (Å²) in [6.45, 7) is 6.06. The SMILES string of the molecule is COc1ccc(N2CC(C(=O)NCc3cccc(CN4CCN(C)CC4)c3)CC2=O)cc1OC. The molecule has 1 N–H and O–H groups in total. The second-order valence-corrected chi connectivity index (χ2v) is 9.06. The predicted molar refractivity (Wildman–Crippen MR) is 131 cm³/mol. The second kappa shape index (κ2) is 10.9. The Morgan fingerprint density at radius 3 is 2.47 bits per heavy atom. The van der Waals surface area contributed by atoms with Crippen molar-refractivity contribution in [3.8, 4) is 11.5 Å². The van der Waals surface area contributed by atoms with E-state index < -0.39 is 0 Å². The molecule has 8 nitrogen and oxygen atoms in total. The van der Waals surface area contributed by atoms with Gasteiger partial charge in [-0.05, 0) is 30.3 Å². The Morgan fingerprint density at radius 2 is 1.74 bits per heavy atom. The number of hydrogen-bond donors (Lipinski definition) is 1. The zero-order chi connectivity index (χ0) is 24.1. The second-order valence-electron chi connectivity index (χ2n) is 9.06. The number of carbonyl (C=O) groups excluding carboxylic acids is 2. The van der Waals surface area contributed by atoms with Gasteiger partial charge in [0.15, 0.2) is 11.5 Å². The molecule has 1 atom stereocenters. The van der Waals surface area contributed by atoms with Crippen molar-refractivity contribution in [2.45, 2.75) is 19.5 Å². The molecule has 2 amide bonds. The summed E-state index contributed by atoms with van der Waals surface area (Å²) in [6, 6.07) is 13.7. The standard InChI is InChI=1S/C26H34N4O4/c1-28-9-11-29(12-10-28)17-20-6-4-5-19(13-20)16-27-26(32)21-14-25(31)30(18-21)22-7-8-23(33-2)24(15-22)34-3/h4-8,13,15,21H,9-12,14,16-18H2,1-3H3,(H,27,32). The number of rotatable bonds is 8. The maximum Gasteiger partial charge on any atom is 0.227 e. The van der Waals surface area contributed by atoms with Gasteiger partial charge < -0.3 is 24.6 Å². The van der Waals surface area contributed by atoms with Crippen molar-refractivity contribution in [3.63, 3.8) is 0 Å². The Hall–Kier alpha value is -3.10. The van der Waals surface area contributed by atoms with Crippen LogP contribution in [0.2, 0.25) is 0 Å². The van der Waals surface area contributed by atoms with Crippen LogP contribution in [0.3, 0.4) is 0 Å². The van der Waals surface area contributed by atoms with E-state index >= 15 is 0 Å². The van der Waals surface area contributed by atoms with Crippen molar-refractivity contribution in [2.24, 2.45) is 5.92 Å². The molecule has 4 rings (SSSR count). The number of nitrogens with zero attached hydrogens (tertiary/aromatic N) is 3. The van der Waals surface area contributed by atoms with E-state index in [-0.39, 0.29) is 24.2 Å². The zero-order valence-electron chi connectivity index (χ0n) is 20.3. The molecule has 2 fully saturated rings. The van der Waals surface area contributed by atoms with Gasteiger partial charge >= 0.3 is 0 Å². The molecule has 0 bridgehead atoms. The van der Waals surface area contributed by atoms with Gasteiger partial charge in [0, 0.05) is 64.0 Å². The van der Waals surface area contributed by atoms with Crippen LogP contribution in [0.15, 0.2) is 42.5 Å². The number of methoxy groups -OCH3 is 2. The van der Waals surface area contributed by atoms with Crippen molar-refractivity contribution >= 4 is 17.5 Å². The summed E-state index contributed by atoms with van der Waals surface area (Å²) >= 11 is 0. The molecule has 2 saturated heterocycles. The smallest absolute Gasteiger partial charge is 0.227 e. The number of benzene rings is 2. The van der Waals surface area contributed by atoms with Crippen molar-refractivity contribution in [3.05, 3.63) is 53.6 Å². The van der Waals surface area contributed by atoms with E-state index in [0.717, 1.165) is 38.3 Å². The van der Waals surface area contributed by atoms with Gasteiger partial charge in [-0.15, -0.1) is 0 Å². The Bertz CT molecular complexity index is 1020. The number of amides is 2. The van der Waals surface area contributed by atoms with E-state index in [1.807, 2.05) is 18.2 Å². The number of piperazine rings is 1. The van der Waals surface area contributed by atoms with Crippen molar-refractivity contribution in [1.82, 2.24) is 15.1 Å². The topological polar surface area (TPSA) is 74.4 Å². The molecule has 2 aliphatic heterocycles. The lowest BCUT2D eigenvalue weighted by Gasteiger charge is -2.32. The first-order valence-electron chi connectivity index (χ1n) is 11.8. The van der Waals surface area contributed by atoms with E-state index in [0.29, 0.717) is 30.3 Å². The van der Waals surface area contributed by atoms with Crippen molar-refractivity contribution in [2.75, 3.05) is 58.9 Å². The summed E-state index contributed by atoms with van der Waals surface area (Å²) in [7, 11) is 5.29. The largest absolute Gasteiger partial charge is 0.493 e. The molecule has 2 heterocycles. The van der Waals surface area contributed by atoms with E-state index in [4.69, 9.17) is 9.47 Å². The van der Waals surface area contributed by atoms with E-state index in [9.17, 15) is 9.59 Å². The van der Waals surface area contributed by atoms with Crippen LogP contribution in [-0.2, 0) is 22.7 Å². The zero-order valence-corrected chi connectivity index (χ0v) is 20.3. The summed E-state index contributed by atoms with van der Waals surface area (Å²) in [6.07, 6.45) is 0.198. The van der Waals surface area contributed by atoms with Crippen LogP contribution in [0, 0.1) is 5.92 Å². The summed E-state index contributed by atoms with van der Waals surface area (Å²) in [5.41, 5.74) is 3.03. The van der Waals surface area contributed by atoms with Crippen LogP contribution in [0.1, 0.15) is 17.5 Å². The Kier molecular flexibility index (Phi) is 7.70. The Labute approximate surface area is 201 Å². The third-order valence-corrected chi connectivity index (χ3v) is 6.63. The number of ether oxygens (including phenoxy) is 2. The van der Waals surface area contributed by atoms with Gasteiger partial charge in [0.1, 0.15) is 0 Å². The van der Waals surface area contributed by atoms with Gasteiger partial charge in [-0.25, -0.2) is 0 Å². The van der Waals surface area contributed by atoms with E-state index in [2.05, 4.69) is 34.3 Å². The molecule has 0 radical (unpaired) electrons. The summed E-state index contributed by atoms with van der Waals surface area (Å²) in [4.78, 5) is 31.9. The minimum absolute atomic E-state index is 0.0680. The lowest BCUT2D eigenvalue weighted by molar-refractivity contribution is -0.126. The maximum atomic E-state index is 12.8. The molecular formula is C26H34N4O4. The third kappa shape index (κ3) is 5.69. The van der Waals surface area contributed by atoms with Crippen LogP contribution in [0.5, 0.6) is 11.5 Å². The van der Waals surface area contributed by atoms with Gasteiger partial charge in [-0.3, -0.25) is 14.5 Å². The summed E-state index contributed by atoms with van der Waals surface area (Å²) < 4.78 is 10.6. The first-order valence-corrected chi connectivity index (χ1v) is 11.8. The summed E-state index contributed by atoms with van der Waals surface area (Å²) in [5, 5.41) is 3.03. The number of nitrogens with one attached hydrogen (secondary N) is 1. The van der Waals surface area contributed by atoms with Crippen molar-refractivity contribution in [1.29, 1.82) is 0 Å². The molecule has 0 saturated carbocycles. The number of carbonyl (C=O) groups is 2. The lowest BCUT2D eigenvalue weighted by Crippen LogP contribution is -2.43. The van der Waals surface area contributed by atoms with Crippen molar-refractivity contribution < 1.29 is 19.1 Å². The Morgan fingerprint density at radius 1 is 1.00 bits per heavy atom. The molecule has 2 aromatic carbocycles. The average Bonchev–Trinajstić information content (AvgIpc) is 3.25. The molecule has 0 aliphatic carbocycles. The number of anilines is 1. The van der Waals surface area contributed by atoms with Crippen LogP contribution >= 0.6 is 0 Å². The first kappa shape index (κ1) is 24.0. The highest BCUT2D eigenvalue weighted by Crippen LogP contribution is 2.34. The van der Waals surface area contributed by atoms with Gasteiger partial charge in [0.05, 0.1) is 20.1 Å². The number of hydrogen-bond acceptors (Lipinski definition) is 6. The van der Waals surface area contributed by atoms with Gasteiger partial charge in [-0.1, -0.05) is 24.3 Å². The highest BCUT2D eigenvalue weighted by Gasteiger charge is 2.35. The van der Waals surface area contributed by atoms with Crippen LogP contribution < -0.4 is 19.7 Å². The first-order chi connectivity index (χ1) is 16.5. The van der Waals surface area contributed by atoms with Crippen LogP contribution in [-0.4, -0.2) is 75.6 Å². The normalized spacial score (nSPS) is 19.3. The highest BCUT2D eigenvalue weighted by molar-refractivity contribution is 6.00. The minimum Gasteiger partial charge on any atom is -0.493 e. The average molecular weight is 467 g/mol. The fourth-order valence-electron chi connectivity index (χ4n) is 4.56. The Balaban J connectivity index is 1.32. The molecule has 8 heteroatoms. The summed E-state index contributed by atoms with van der Waals surface area (Å²) in [5.74, 6) is 0.607. The lowest BCUT2D eigenvalue weighted by atomic mass is 10.1. The monoisotopic (exact) mass is 466 g/mol. The quantitative estimate of drug-likeness (QED) is 0.643. The fourth-order valence-corrected chi connectivity index (χ4v) is 4.56. The van der Waals surface area contributed by atoms with E-state index in [1.54, 1.807) is 31.3 Å². The van der Waals surface area contributed by atoms with Gasteiger partial charge in [0.2, 0.25) is 11.8 Å². The molecular weight excluding hydrogens is 432 g/mol. The fraction of sp³-hybridized carbons (Fsp3) is 0.462. The molecule has 0 aromatic heterocycles. The minimum atomic E-state index is -0.380. The molecule has 34 heavy (non-hydrogen) atoms. The number of likely N-dealkylation sites (N-methyl/N-ethyl adjacent to an activating group) is 1. The maximum absolute atomic E-state index is 12.8.